The predicted molar refractivity (Wildman–Crippen MR) is 119 cm³/mol. The van der Waals surface area contributed by atoms with Crippen molar-refractivity contribution in [2.24, 2.45) is 0 Å². The van der Waals surface area contributed by atoms with Crippen molar-refractivity contribution >= 4 is 21.6 Å². The smallest absolute Gasteiger partial charge is 0.243 e. The summed E-state index contributed by atoms with van der Waals surface area (Å²) in [5, 5.41) is 3.03. The average molecular weight is 431 g/mol. The molecule has 1 fully saturated rings. The number of hydrogen-bond donors (Lipinski definition) is 1. The van der Waals surface area contributed by atoms with Crippen LogP contribution in [-0.2, 0) is 25.0 Å². The number of carbonyl (C=O) groups is 1. The molecule has 0 saturated carbocycles. The van der Waals surface area contributed by atoms with Gasteiger partial charge in [0.2, 0.25) is 15.9 Å². The van der Waals surface area contributed by atoms with E-state index in [-0.39, 0.29) is 11.3 Å². The lowest BCUT2D eigenvalue weighted by atomic mass is 9.74. The molecule has 1 N–H and O–H groups in total. The third-order valence-corrected chi connectivity index (χ3v) is 7.02. The van der Waals surface area contributed by atoms with E-state index in [4.69, 9.17) is 4.74 Å². The fourth-order valence-electron chi connectivity index (χ4n) is 4.10. The number of benzene rings is 2. The van der Waals surface area contributed by atoms with Gasteiger partial charge in [-0.2, -0.15) is 0 Å². The molecular weight excluding hydrogens is 400 g/mol. The third kappa shape index (κ3) is 5.02. The number of rotatable bonds is 7. The number of nitrogens with one attached hydrogen (secondary N) is 1. The monoisotopic (exact) mass is 430 g/mol. The molecule has 1 atom stereocenters. The Morgan fingerprint density at radius 2 is 1.80 bits per heavy atom. The number of hydrogen-bond acceptors (Lipinski definition) is 4. The van der Waals surface area contributed by atoms with E-state index in [2.05, 4.69) is 17.4 Å². The molecule has 1 amide bonds. The predicted octanol–water partition coefficient (Wildman–Crippen LogP) is 3.01. The van der Waals surface area contributed by atoms with Gasteiger partial charge in [0, 0.05) is 25.2 Å². The Morgan fingerprint density at radius 3 is 2.40 bits per heavy atom. The number of carbonyl (C=O) groups excluding carboxylic acids is 1. The minimum Gasteiger partial charge on any atom is -0.381 e. The maximum absolute atomic E-state index is 13.1. The summed E-state index contributed by atoms with van der Waals surface area (Å²) >= 11 is 0. The van der Waals surface area contributed by atoms with Gasteiger partial charge in [-0.25, -0.2) is 8.42 Å². The molecule has 0 radical (unpaired) electrons. The second kappa shape index (κ2) is 9.18. The summed E-state index contributed by atoms with van der Waals surface area (Å²) in [6, 6.07) is 16.4. The molecule has 1 heterocycles. The lowest BCUT2D eigenvalue weighted by Gasteiger charge is -2.38. The molecule has 0 bridgehead atoms. The highest BCUT2D eigenvalue weighted by Gasteiger charge is 2.36. The minimum absolute atomic E-state index is 0.214. The maximum atomic E-state index is 13.1. The van der Waals surface area contributed by atoms with Crippen molar-refractivity contribution in [2.45, 2.75) is 38.1 Å². The summed E-state index contributed by atoms with van der Waals surface area (Å²) < 4.78 is 31.8. The zero-order valence-corrected chi connectivity index (χ0v) is 18.6. The second-order valence-electron chi connectivity index (χ2n) is 8.05. The zero-order chi connectivity index (χ0) is 21.8. The molecule has 0 spiro atoms. The van der Waals surface area contributed by atoms with Crippen LogP contribution >= 0.6 is 0 Å². The van der Waals surface area contributed by atoms with Crippen LogP contribution in [0.5, 0.6) is 0 Å². The van der Waals surface area contributed by atoms with Crippen LogP contribution in [0.25, 0.3) is 0 Å². The third-order valence-electron chi connectivity index (χ3n) is 5.78. The van der Waals surface area contributed by atoms with Crippen LogP contribution < -0.4 is 9.62 Å². The average Bonchev–Trinajstić information content (AvgIpc) is 2.72. The number of anilines is 1. The van der Waals surface area contributed by atoms with Crippen LogP contribution in [-0.4, -0.2) is 46.4 Å². The van der Waals surface area contributed by atoms with E-state index >= 15 is 0 Å². The number of ether oxygens (including phenoxy) is 1. The van der Waals surface area contributed by atoms with E-state index in [0.29, 0.717) is 25.4 Å². The quantitative estimate of drug-likeness (QED) is 0.733. The van der Waals surface area contributed by atoms with Gasteiger partial charge in [-0.1, -0.05) is 42.5 Å². The number of nitrogens with zero attached hydrogens (tertiary/aromatic N) is 1. The molecule has 1 saturated heterocycles. The van der Waals surface area contributed by atoms with Crippen molar-refractivity contribution in [2.75, 3.05) is 30.3 Å². The van der Waals surface area contributed by atoms with Crippen molar-refractivity contribution in [1.29, 1.82) is 0 Å². The van der Waals surface area contributed by atoms with Gasteiger partial charge in [-0.15, -0.1) is 0 Å². The van der Waals surface area contributed by atoms with Crippen LogP contribution in [0.1, 0.15) is 30.9 Å². The highest BCUT2D eigenvalue weighted by atomic mass is 32.2. The molecule has 7 heteroatoms. The van der Waals surface area contributed by atoms with Gasteiger partial charge in [0.1, 0.15) is 6.04 Å². The summed E-state index contributed by atoms with van der Waals surface area (Å²) in [7, 11) is -3.64. The van der Waals surface area contributed by atoms with E-state index in [1.54, 1.807) is 25.1 Å². The zero-order valence-electron chi connectivity index (χ0n) is 17.8. The number of aryl methyl sites for hydroxylation is 1. The lowest BCUT2D eigenvalue weighted by molar-refractivity contribution is -0.122. The molecule has 6 nitrogen and oxygen atoms in total. The molecule has 2 aromatic carbocycles. The summed E-state index contributed by atoms with van der Waals surface area (Å²) in [5.74, 6) is -0.316. The lowest BCUT2D eigenvalue weighted by Crippen LogP contribution is -2.51. The van der Waals surface area contributed by atoms with Crippen LogP contribution in [0.2, 0.25) is 0 Å². The van der Waals surface area contributed by atoms with E-state index in [1.165, 1.54) is 9.87 Å². The highest BCUT2D eigenvalue weighted by Crippen LogP contribution is 2.34. The van der Waals surface area contributed by atoms with Crippen molar-refractivity contribution in [3.63, 3.8) is 0 Å². The van der Waals surface area contributed by atoms with Gasteiger partial charge in [0.15, 0.2) is 0 Å². The fraction of sp³-hybridized carbons (Fsp3) is 0.435. The van der Waals surface area contributed by atoms with Gasteiger partial charge >= 0.3 is 0 Å². The van der Waals surface area contributed by atoms with E-state index in [9.17, 15) is 13.2 Å². The molecule has 1 aliphatic heterocycles. The van der Waals surface area contributed by atoms with Crippen LogP contribution in [0.3, 0.4) is 0 Å². The number of amides is 1. The summed E-state index contributed by atoms with van der Waals surface area (Å²) in [5.41, 5.74) is 2.37. The van der Waals surface area contributed by atoms with Gasteiger partial charge in [0.05, 0.1) is 11.9 Å². The molecule has 0 aliphatic carbocycles. The maximum Gasteiger partial charge on any atom is 0.243 e. The fourth-order valence-corrected chi connectivity index (χ4v) is 5.27. The first-order valence-electron chi connectivity index (χ1n) is 10.2. The molecule has 0 unspecified atom stereocenters. The SMILES string of the molecule is Cc1cccc(N([C@@H](C)C(=O)NCC2(c3ccccc3)CCOCC2)S(C)(=O)=O)c1. The van der Waals surface area contributed by atoms with Crippen LogP contribution in [0, 0.1) is 6.92 Å². The molecule has 0 aromatic heterocycles. The van der Waals surface area contributed by atoms with Gasteiger partial charge < -0.3 is 10.1 Å². The van der Waals surface area contributed by atoms with Crippen molar-refractivity contribution < 1.29 is 17.9 Å². The Bertz CT molecular complexity index is 970. The van der Waals surface area contributed by atoms with Crippen LogP contribution in [0.4, 0.5) is 5.69 Å². The highest BCUT2D eigenvalue weighted by molar-refractivity contribution is 7.92. The molecule has 3 rings (SSSR count). The topological polar surface area (TPSA) is 75.7 Å². The van der Waals surface area contributed by atoms with E-state index in [0.717, 1.165) is 24.7 Å². The first-order chi connectivity index (χ1) is 14.2. The Morgan fingerprint density at radius 1 is 1.13 bits per heavy atom. The minimum atomic E-state index is -3.64. The number of sulfonamides is 1. The first-order valence-corrected chi connectivity index (χ1v) is 12.0. The van der Waals surface area contributed by atoms with Gasteiger partial charge in [-0.05, 0) is 49.9 Å². The van der Waals surface area contributed by atoms with E-state index in [1.807, 2.05) is 31.2 Å². The molecule has 162 valence electrons. The normalized spacial score (nSPS) is 17.2. The summed E-state index contributed by atoms with van der Waals surface area (Å²) in [6.45, 7) is 5.23. The van der Waals surface area contributed by atoms with Crippen LogP contribution in [0.15, 0.2) is 54.6 Å². The van der Waals surface area contributed by atoms with Gasteiger partial charge in [-0.3, -0.25) is 9.10 Å². The van der Waals surface area contributed by atoms with Crippen molar-refractivity contribution in [3.8, 4) is 0 Å². The Balaban J connectivity index is 1.81. The van der Waals surface area contributed by atoms with Crippen molar-refractivity contribution in [3.05, 3.63) is 65.7 Å². The van der Waals surface area contributed by atoms with E-state index < -0.39 is 16.1 Å². The van der Waals surface area contributed by atoms with Gasteiger partial charge in [0.25, 0.3) is 0 Å². The first kappa shape index (κ1) is 22.3. The second-order valence-corrected chi connectivity index (χ2v) is 9.91. The molecule has 2 aromatic rings. The standard InChI is InChI=1S/C23H30N2O4S/c1-18-8-7-11-21(16-18)25(30(3,27)28)19(2)22(26)24-17-23(12-14-29-15-13-23)20-9-5-4-6-10-20/h4-11,16,19H,12-15,17H2,1-3H3,(H,24,26)/t19-/m0/s1. The summed E-state index contributed by atoms with van der Waals surface area (Å²) in [4.78, 5) is 13.1. The largest absolute Gasteiger partial charge is 0.381 e. The summed E-state index contributed by atoms with van der Waals surface area (Å²) in [6.07, 6.45) is 2.74. The Hall–Kier alpha value is -2.38. The molecular formula is C23H30N2O4S. The molecule has 30 heavy (non-hydrogen) atoms. The van der Waals surface area contributed by atoms with Crippen molar-refractivity contribution in [1.82, 2.24) is 5.32 Å². The molecule has 1 aliphatic rings. The Kier molecular flexibility index (Phi) is 6.83. The Labute approximate surface area is 179 Å².